The molecule has 2 heterocycles. The van der Waals surface area contributed by atoms with Crippen molar-refractivity contribution in [3.05, 3.63) is 58.9 Å². The summed E-state index contributed by atoms with van der Waals surface area (Å²) < 4.78 is 0. The second kappa shape index (κ2) is 8.33. The van der Waals surface area contributed by atoms with Gasteiger partial charge in [-0.2, -0.15) is 0 Å². The Morgan fingerprint density at radius 2 is 2.00 bits per heavy atom. The summed E-state index contributed by atoms with van der Waals surface area (Å²) >= 11 is 0. The summed E-state index contributed by atoms with van der Waals surface area (Å²) in [6.45, 7) is 3.79. The Hall–Kier alpha value is -2.73. The molecule has 1 aliphatic heterocycles. The van der Waals surface area contributed by atoms with E-state index in [0.717, 1.165) is 17.8 Å². The minimum Gasteiger partial charge on any atom is -0.369 e. The van der Waals surface area contributed by atoms with E-state index in [-0.39, 0.29) is 18.4 Å². The molecule has 1 aliphatic carbocycles. The molecule has 1 fully saturated rings. The predicted octanol–water partition coefficient (Wildman–Crippen LogP) is 3.40. The van der Waals surface area contributed by atoms with Gasteiger partial charge in [-0.1, -0.05) is 25.8 Å². The summed E-state index contributed by atoms with van der Waals surface area (Å²) in [7, 11) is 0. The van der Waals surface area contributed by atoms with E-state index in [2.05, 4.69) is 23.3 Å². The third-order valence-corrected chi connectivity index (χ3v) is 6.09. The van der Waals surface area contributed by atoms with E-state index in [0.29, 0.717) is 23.9 Å². The molecule has 2 aliphatic rings. The van der Waals surface area contributed by atoms with Crippen molar-refractivity contribution in [1.29, 1.82) is 0 Å². The van der Waals surface area contributed by atoms with Gasteiger partial charge in [-0.05, 0) is 59.6 Å². The van der Waals surface area contributed by atoms with Crippen molar-refractivity contribution in [3.63, 3.8) is 0 Å². The molecule has 1 aromatic heterocycles. The van der Waals surface area contributed by atoms with Crippen molar-refractivity contribution in [2.45, 2.75) is 51.0 Å². The lowest BCUT2D eigenvalue weighted by molar-refractivity contribution is -0.119. The van der Waals surface area contributed by atoms with Crippen molar-refractivity contribution in [2.24, 2.45) is 5.73 Å². The van der Waals surface area contributed by atoms with E-state index in [4.69, 9.17) is 5.73 Å². The molecule has 0 radical (unpaired) electrons. The quantitative estimate of drug-likeness (QED) is 0.816. The average Bonchev–Trinajstić information content (AvgIpc) is 3.22. The molecule has 6 heteroatoms. The molecular weight excluding hydrogens is 364 g/mol. The van der Waals surface area contributed by atoms with Crippen LogP contribution >= 0.6 is 0 Å². The molecule has 2 amide bonds. The Labute approximate surface area is 171 Å². The van der Waals surface area contributed by atoms with Crippen LogP contribution in [0.5, 0.6) is 0 Å². The van der Waals surface area contributed by atoms with Crippen LogP contribution in [0.3, 0.4) is 0 Å². The summed E-state index contributed by atoms with van der Waals surface area (Å²) in [5.41, 5.74) is 10.2. The average molecular weight is 393 g/mol. The summed E-state index contributed by atoms with van der Waals surface area (Å²) in [5.74, 6) is 0.380. The number of carbonyl (C=O) groups excluding carboxylic acids is 2. The first-order chi connectivity index (χ1) is 14.0. The zero-order chi connectivity index (χ0) is 20.4. The molecule has 1 aromatic carbocycles. The van der Waals surface area contributed by atoms with Gasteiger partial charge in [0.25, 0.3) is 5.91 Å². The Morgan fingerprint density at radius 1 is 1.21 bits per heavy atom. The standard InChI is InChI=1S/C23H28N4O2/c1-15-12-27(14-22(24)28)13-19-8-17(6-7-21(15)19)23(29)26-20-9-18(10-25-11-20)16-4-2-3-5-16/h6-11,15-16H,2-5,12-14H2,1H3,(H2,24,28)(H,26,29). The number of aromatic nitrogens is 1. The number of nitrogens with two attached hydrogens (primary N) is 1. The number of carbonyl (C=O) groups is 2. The molecule has 0 bridgehead atoms. The van der Waals surface area contributed by atoms with Gasteiger partial charge in [0.2, 0.25) is 5.91 Å². The SMILES string of the molecule is CC1CN(CC(N)=O)Cc2cc(C(=O)Nc3cncc(C4CCCC4)c3)ccc21. The summed E-state index contributed by atoms with van der Waals surface area (Å²) in [5, 5.41) is 2.99. The molecule has 0 saturated heterocycles. The predicted molar refractivity (Wildman–Crippen MR) is 113 cm³/mol. The summed E-state index contributed by atoms with van der Waals surface area (Å²) in [6, 6.07) is 7.89. The smallest absolute Gasteiger partial charge is 0.255 e. The number of hydrogen-bond acceptors (Lipinski definition) is 4. The van der Waals surface area contributed by atoms with Gasteiger partial charge in [0.05, 0.1) is 18.4 Å². The molecule has 0 spiro atoms. The van der Waals surface area contributed by atoms with Crippen LogP contribution in [0.25, 0.3) is 0 Å². The first-order valence-electron chi connectivity index (χ1n) is 10.4. The Morgan fingerprint density at radius 3 is 2.76 bits per heavy atom. The minimum atomic E-state index is -0.329. The lowest BCUT2D eigenvalue weighted by Crippen LogP contribution is -2.38. The molecule has 6 nitrogen and oxygen atoms in total. The zero-order valence-electron chi connectivity index (χ0n) is 16.9. The molecule has 1 unspecified atom stereocenters. The fraction of sp³-hybridized carbons (Fsp3) is 0.435. The monoisotopic (exact) mass is 392 g/mol. The molecule has 2 aromatic rings. The molecule has 152 valence electrons. The first-order valence-corrected chi connectivity index (χ1v) is 10.4. The number of pyridine rings is 1. The maximum absolute atomic E-state index is 12.8. The van der Waals surface area contributed by atoms with Crippen molar-refractivity contribution < 1.29 is 9.59 Å². The van der Waals surface area contributed by atoms with Gasteiger partial charge in [0.15, 0.2) is 0 Å². The molecule has 29 heavy (non-hydrogen) atoms. The highest BCUT2D eigenvalue weighted by Crippen LogP contribution is 2.34. The van der Waals surface area contributed by atoms with Gasteiger partial charge in [-0.15, -0.1) is 0 Å². The van der Waals surface area contributed by atoms with Crippen LogP contribution in [0.4, 0.5) is 5.69 Å². The first kappa shape index (κ1) is 19.6. The van der Waals surface area contributed by atoms with Crippen LogP contribution in [-0.4, -0.2) is 34.8 Å². The highest BCUT2D eigenvalue weighted by molar-refractivity contribution is 6.04. The van der Waals surface area contributed by atoms with E-state index in [1.54, 1.807) is 6.20 Å². The Balaban J connectivity index is 1.50. The van der Waals surface area contributed by atoms with Crippen LogP contribution in [0.2, 0.25) is 0 Å². The fourth-order valence-corrected chi connectivity index (χ4v) is 4.71. The highest BCUT2D eigenvalue weighted by Gasteiger charge is 2.24. The number of nitrogens with one attached hydrogen (secondary N) is 1. The molecule has 4 rings (SSSR count). The fourth-order valence-electron chi connectivity index (χ4n) is 4.71. The minimum absolute atomic E-state index is 0.141. The largest absolute Gasteiger partial charge is 0.369 e. The summed E-state index contributed by atoms with van der Waals surface area (Å²) in [4.78, 5) is 30.5. The number of rotatable bonds is 5. The van der Waals surface area contributed by atoms with Crippen molar-refractivity contribution in [1.82, 2.24) is 9.88 Å². The van der Waals surface area contributed by atoms with Gasteiger partial charge < -0.3 is 11.1 Å². The van der Waals surface area contributed by atoms with Crippen LogP contribution in [-0.2, 0) is 11.3 Å². The Bertz CT molecular complexity index is 921. The number of hydrogen-bond donors (Lipinski definition) is 2. The van der Waals surface area contributed by atoms with Crippen LogP contribution in [0.1, 0.15) is 71.5 Å². The third kappa shape index (κ3) is 4.48. The number of nitrogens with zero attached hydrogens (tertiary/aromatic N) is 2. The second-order valence-electron chi connectivity index (χ2n) is 8.39. The maximum atomic E-state index is 12.8. The number of amides is 2. The van der Waals surface area contributed by atoms with E-state index >= 15 is 0 Å². The van der Waals surface area contributed by atoms with E-state index in [1.165, 1.54) is 36.8 Å². The van der Waals surface area contributed by atoms with Gasteiger partial charge in [0, 0.05) is 24.8 Å². The topological polar surface area (TPSA) is 88.3 Å². The zero-order valence-corrected chi connectivity index (χ0v) is 16.9. The van der Waals surface area contributed by atoms with Gasteiger partial charge in [0.1, 0.15) is 0 Å². The van der Waals surface area contributed by atoms with Crippen molar-refractivity contribution >= 4 is 17.5 Å². The van der Waals surface area contributed by atoms with E-state index < -0.39 is 0 Å². The maximum Gasteiger partial charge on any atom is 0.255 e. The summed E-state index contributed by atoms with van der Waals surface area (Å²) in [6.07, 6.45) is 8.54. The van der Waals surface area contributed by atoms with Gasteiger partial charge >= 0.3 is 0 Å². The lowest BCUT2D eigenvalue weighted by Gasteiger charge is -2.32. The lowest BCUT2D eigenvalue weighted by atomic mass is 9.89. The Kier molecular flexibility index (Phi) is 5.62. The van der Waals surface area contributed by atoms with E-state index in [1.807, 2.05) is 29.3 Å². The van der Waals surface area contributed by atoms with Crippen LogP contribution in [0, 0.1) is 0 Å². The van der Waals surface area contributed by atoms with E-state index in [9.17, 15) is 9.59 Å². The van der Waals surface area contributed by atoms with Crippen LogP contribution < -0.4 is 11.1 Å². The van der Waals surface area contributed by atoms with Crippen molar-refractivity contribution in [3.8, 4) is 0 Å². The normalized spacial score (nSPS) is 19.7. The highest BCUT2D eigenvalue weighted by atomic mass is 16.2. The van der Waals surface area contributed by atoms with Crippen LogP contribution in [0.15, 0.2) is 36.7 Å². The van der Waals surface area contributed by atoms with Crippen molar-refractivity contribution in [2.75, 3.05) is 18.4 Å². The number of anilines is 1. The number of fused-ring (bicyclic) bond motifs is 1. The van der Waals surface area contributed by atoms with Gasteiger partial charge in [-0.3, -0.25) is 19.5 Å². The van der Waals surface area contributed by atoms with Gasteiger partial charge in [-0.25, -0.2) is 0 Å². The molecule has 1 atom stereocenters. The molecule has 1 saturated carbocycles. The second-order valence-corrected chi connectivity index (χ2v) is 8.39. The molecule has 3 N–H and O–H groups in total. The molecular formula is C23H28N4O2. The third-order valence-electron chi connectivity index (χ3n) is 6.09. The number of benzene rings is 1. The number of primary amides is 1.